The van der Waals surface area contributed by atoms with Crippen molar-refractivity contribution in [3.8, 4) is 23.0 Å². The molecule has 130 valence electrons. The molecule has 0 saturated carbocycles. The third kappa shape index (κ3) is 6.19. The summed E-state index contributed by atoms with van der Waals surface area (Å²) in [6, 6.07) is 11.7. The van der Waals surface area contributed by atoms with Gasteiger partial charge in [-0.2, -0.15) is 0 Å². The highest BCUT2D eigenvalue weighted by molar-refractivity contribution is 5.74. The number of nitrogen functional groups attached to an aromatic ring is 1. The number of hydrogen-bond donors (Lipinski definition) is 2. The van der Waals surface area contributed by atoms with E-state index in [0.717, 1.165) is 16.7 Å². The van der Waals surface area contributed by atoms with Crippen molar-refractivity contribution in [3.63, 3.8) is 0 Å². The largest absolute Gasteiger partial charge is 0.444 e. The number of nitrogens with one attached hydrogen (secondary N) is 1. The Balaban J connectivity index is 1.94. The first-order chi connectivity index (χ1) is 11.8. The van der Waals surface area contributed by atoms with Gasteiger partial charge in [0.1, 0.15) is 11.4 Å². The Hall–Kier alpha value is -3.00. The summed E-state index contributed by atoms with van der Waals surface area (Å²) in [4.78, 5) is 15.7. The van der Waals surface area contributed by atoms with Gasteiger partial charge in [0.05, 0.1) is 0 Å². The lowest BCUT2D eigenvalue weighted by Gasteiger charge is -2.19. The van der Waals surface area contributed by atoms with E-state index in [0.29, 0.717) is 18.8 Å². The zero-order valence-corrected chi connectivity index (χ0v) is 14.8. The van der Waals surface area contributed by atoms with Crippen molar-refractivity contribution in [3.05, 3.63) is 48.2 Å². The SMILES string of the molecule is CC(C)(C)OC(=O)NCCC#Cc1cnc(N)c(-c2ccccc2)c1. The minimum atomic E-state index is -0.501. The molecule has 0 radical (unpaired) electrons. The molecule has 1 heterocycles. The Labute approximate surface area is 148 Å². The zero-order valence-electron chi connectivity index (χ0n) is 14.8. The molecule has 0 aliphatic carbocycles. The number of carbonyl (C=O) groups is 1. The number of anilines is 1. The predicted molar refractivity (Wildman–Crippen MR) is 99.8 cm³/mol. The second-order valence-electron chi connectivity index (χ2n) is 6.50. The van der Waals surface area contributed by atoms with Crippen LogP contribution in [0.1, 0.15) is 32.8 Å². The summed E-state index contributed by atoms with van der Waals surface area (Å²) >= 11 is 0. The molecular weight excluding hydrogens is 314 g/mol. The Morgan fingerprint density at radius 3 is 2.68 bits per heavy atom. The summed E-state index contributed by atoms with van der Waals surface area (Å²) in [5.41, 5.74) is 8.11. The normalized spacial score (nSPS) is 10.5. The molecule has 5 nitrogen and oxygen atoms in total. The van der Waals surface area contributed by atoms with Crippen LogP contribution in [-0.4, -0.2) is 23.2 Å². The summed E-state index contributed by atoms with van der Waals surface area (Å²) in [7, 11) is 0. The van der Waals surface area contributed by atoms with Gasteiger partial charge < -0.3 is 15.8 Å². The van der Waals surface area contributed by atoms with Gasteiger partial charge >= 0.3 is 6.09 Å². The van der Waals surface area contributed by atoms with E-state index in [1.807, 2.05) is 57.2 Å². The van der Waals surface area contributed by atoms with Crippen molar-refractivity contribution in [2.75, 3.05) is 12.3 Å². The lowest BCUT2D eigenvalue weighted by molar-refractivity contribution is 0.0529. The van der Waals surface area contributed by atoms with Gasteiger partial charge in [0.15, 0.2) is 0 Å². The first-order valence-corrected chi connectivity index (χ1v) is 8.12. The van der Waals surface area contributed by atoms with E-state index < -0.39 is 11.7 Å². The lowest BCUT2D eigenvalue weighted by atomic mass is 10.1. The molecule has 2 rings (SSSR count). The van der Waals surface area contributed by atoms with E-state index in [1.54, 1.807) is 6.20 Å². The minimum absolute atomic E-state index is 0.426. The van der Waals surface area contributed by atoms with E-state index in [-0.39, 0.29) is 0 Å². The molecule has 1 amide bonds. The lowest BCUT2D eigenvalue weighted by Crippen LogP contribution is -2.32. The van der Waals surface area contributed by atoms with Crippen LogP contribution in [0.5, 0.6) is 0 Å². The van der Waals surface area contributed by atoms with Crippen LogP contribution in [0, 0.1) is 11.8 Å². The number of nitrogens with zero attached hydrogens (tertiary/aromatic N) is 1. The van der Waals surface area contributed by atoms with Crippen LogP contribution >= 0.6 is 0 Å². The van der Waals surface area contributed by atoms with Crippen molar-refractivity contribution >= 4 is 11.9 Å². The van der Waals surface area contributed by atoms with E-state index in [4.69, 9.17) is 10.5 Å². The van der Waals surface area contributed by atoms with Gasteiger partial charge in [0, 0.05) is 30.3 Å². The maximum Gasteiger partial charge on any atom is 0.407 e. The third-order valence-electron chi connectivity index (χ3n) is 3.15. The van der Waals surface area contributed by atoms with Gasteiger partial charge in [-0.3, -0.25) is 0 Å². The molecule has 0 unspecified atom stereocenters. The topological polar surface area (TPSA) is 77.2 Å². The third-order valence-corrected chi connectivity index (χ3v) is 3.15. The average Bonchev–Trinajstić information content (AvgIpc) is 2.55. The fourth-order valence-corrected chi connectivity index (χ4v) is 2.10. The fourth-order valence-electron chi connectivity index (χ4n) is 2.10. The maximum atomic E-state index is 11.5. The highest BCUT2D eigenvalue weighted by Crippen LogP contribution is 2.24. The van der Waals surface area contributed by atoms with Crippen LogP contribution in [0.2, 0.25) is 0 Å². The van der Waals surface area contributed by atoms with Crippen LogP contribution < -0.4 is 11.1 Å². The van der Waals surface area contributed by atoms with Crippen molar-refractivity contribution in [1.82, 2.24) is 10.3 Å². The summed E-state index contributed by atoms with van der Waals surface area (Å²) in [6.45, 7) is 5.90. The number of rotatable bonds is 3. The molecule has 5 heteroatoms. The molecule has 0 aliphatic heterocycles. The van der Waals surface area contributed by atoms with Gasteiger partial charge in [0.25, 0.3) is 0 Å². The number of nitrogens with two attached hydrogens (primary N) is 1. The van der Waals surface area contributed by atoms with Crippen molar-refractivity contribution in [2.24, 2.45) is 0 Å². The monoisotopic (exact) mass is 337 g/mol. The summed E-state index contributed by atoms with van der Waals surface area (Å²) in [5, 5.41) is 2.67. The van der Waals surface area contributed by atoms with Crippen LogP contribution in [-0.2, 0) is 4.74 Å². The number of benzene rings is 1. The van der Waals surface area contributed by atoms with E-state index in [2.05, 4.69) is 22.1 Å². The van der Waals surface area contributed by atoms with E-state index >= 15 is 0 Å². The number of amides is 1. The Morgan fingerprint density at radius 1 is 1.28 bits per heavy atom. The number of carbonyl (C=O) groups excluding carboxylic acids is 1. The smallest absolute Gasteiger partial charge is 0.407 e. The van der Waals surface area contributed by atoms with E-state index in [9.17, 15) is 4.79 Å². The molecule has 0 spiro atoms. The number of aromatic nitrogens is 1. The Kier molecular flexibility index (Phi) is 6.02. The summed E-state index contributed by atoms with van der Waals surface area (Å²) in [6.07, 6.45) is 1.73. The van der Waals surface area contributed by atoms with Gasteiger partial charge in [-0.15, -0.1) is 0 Å². The molecular formula is C20H23N3O2. The molecule has 0 atom stereocenters. The van der Waals surface area contributed by atoms with Gasteiger partial charge in [-0.05, 0) is 32.4 Å². The predicted octanol–water partition coefficient (Wildman–Crippen LogP) is 3.60. The van der Waals surface area contributed by atoms with Crippen molar-refractivity contribution < 1.29 is 9.53 Å². The number of alkyl carbamates (subject to hydrolysis) is 1. The second kappa shape index (κ2) is 8.20. The van der Waals surface area contributed by atoms with E-state index in [1.165, 1.54) is 0 Å². The number of hydrogen-bond acceptors (Lipinski definition) is 4. The highest BCUT2D eigenvalue weighted by Gasteiger charge is 2.15. The van der Waals surface area contributed by atoms with Crippen molar-refractivity contribution in [2.45, 2.75) is 32.8 Å². The summed E-state index contributed by atoms with van der Waals surface area (Å²) in [5.74, 6) is 6.54. The molecule has 0 fully saturated rings. The number of ether oxygens (including phenoxy) is 1. The van der Waals surface area contributed by atoms with Crippen molar-refractivity contribution in [1.29, 1.82) is 0 Å². The standard InChI is InChI=1S/C20H23N3O2/c1-20(2,3)25-19(24)22-12-8-7-9-15-13-17(18(21)23-14-15)16-10-5-4-6-11-16/h4-6,10-11,13-14H,8,12H2,1-3H3,(H2,21,23)(H,22,24). The molecule has 2 aromatic rings. The van der Waals surface area contributed by atoms with Crippen LogP contribution in [0.4, 0.5) is 10.6 Å². The molecule has 25 heavy (non-hydrogen) atoms. The highest BCUT2D eigenvalue weighted by atomic mass is 16.6. The van der Waals surface area contributed by atoms with Gasteiger partial charge in [-0.1, -0.05) is 42.2 Å². The molecule has 1 aromatic carbocycles. The Morgan fingerprint density at radius 2 is 2.00 bits per heavy atom. The average molecular weight is 337 g/mol. The molecule has 0 saturated heterocycles. The molecule has 0 aliphatic rings. The number of pyridine rings is 1. The van der Waals surface area contributed by atoms with Crippen LogP contribution in [0.15, 0.2) is 42.6 Å². The first kappa shape index (κ1) is 18.3. The molecule has 3 N–H and O–H groups in total. The quantitative estimate of drug-likeness (QED) is 0.663. The minimum Gasteiger partial charge on any atom is -0.444 e. The second-order valence-corrected chi connectivity index (χ2v) is 6.50. The maximum absolute atomic E-state index is 11.5. The summed E-state index contributed by atoms with van der Waals surface area (Å²) < 4.78 is 5.16. The molecule has 1 aromatic heterocycles. The van der Waals surface area contributed by atoms with Gasteiger partial charge in [0.2, 0.25) is 0 Å². The van der Waals surface area contributed by atoms with Crippen LogP contribution in [0.3, 0.4) is 0 Å². The zero-order chi connectivity index (χ0) is 18.3. The first-order valence-electron chi connectivity index (χ1n) is 8.12. The van der Waals surface area contributed by atoms with Gasteiger partial charge in [-0.25, -0.2) is 9.78 Å². The Bertz CT molecular complexity index is 784. The van der Waals surface area contributed by atoms with Crippen LogP contribution in [0.25, 0.3) is 11.1 Å². The molecule has 0 bridgehead atoms. The fraction of sp³-hybridized carbons (Fsp3) is 0.300.